The SMILES string of the molecule is CCOC(CCNC(=NC)NCc1cn2c(C)cccc2n1)C(C)C. The van der Waals surface area contributed by atoms with Crippen LogP contribution in [0, 0.1) is 12.8 Å². The van der Waals surface area contributed by atoms with E-state index in [1.54, 1.807) is 7.05 Å². The third-order valence-corrected chi connectivity index (χ3v) is 4.25. The molecule has 0 aromatic carbocycles. The Morgan fingerprint density at radius 3 is 2.76 bits per heavy atom. The zero-order valence-electron chi connectivity index (χ0n) is 16.0. The molecule has 1 atom stereocenters. The van der Waals surface area contributed by atoms with Crippen molar-refractivity contribution in [3.63, 3.8) is 0 Å². The van der Waals surface area contributed by atoms with Gasteiger partial charge in [-0.15, -0.1) is 0 Å². The van der Waals surface area contributed by atoms with Crippen LogP contribution in [-0.4, -0.2) is 41.6 Å². The van der Waals surface area contributed by atoms with Crippen LogP contribution in [0.15, 0.2) is 29.4 Å². The van der Waals surface area contributed by atoms with Gasteiger partial charge in [-0.25, -0.2) is 4.98 Å². The van der Waals surface area contributed by atoms with Crippen LogP contribution in [0.1, 0.15) is 38.6 Å². The molecule has 0 aliphatic heterocycles. The van der Waals surface area contributed by atoms with Gasteiger partial charge >= 0.3 is 0 Å². The lowest BCUT2D eigenvalue weighted by atomic mass is 10.0. The fourth-order valence-electron chi connectivity index (χ4n) is 2.83. The van der Waals surface area contributed by atoms with Crippen molar-refractivity contribution in [2.24, 2.45) is 10.9 Å². The smallest absolute Gasteiger partial charge is 0.191 e. The van der Waals surface area contributed by atoms with Gasteiger partial charge in [0.2, 0.25) is 0 Å². The van der Waals surface area contributed by atoms with E-state index < -0.39 is 0 Å². The molecule has 0 aliphatic rings. The van der Waals surface area contributed by atoms with Crippen molar-refractivity contribution in [2.75, 3.05) is 20.2 Å². The molecule has 2 heterocycles. The number of ether oxygens (including phenoxy) is 1. The van der Waals surface area contributed by atoms with Crippen molar-refractivity contribution in [2.45, 2.75) is 46.8 Å². The fraction of sp³-hybridized carbons (Fsp3) is 0.579. The van der Waals surface area contributed by atoms with Gasteiger partial charge in [-0.3, -0.25) is 4.99 Å². The Balaban J connectivity index is 1.84. The van der Waals surface area contributed by atoms with E-state index in [0.717, 1.165) is 36.9 Å². The number of rotatable bonds is 8. The zero-order valence-corrected chi connectivity index (χ0v) is 16.0. The summed E-state index contributed by atoms with van der Waals surface area (Å²) in [6.07, 6.45) is 3.30. The molecule has 0 saturated carbocycles. The van der Waals surface area contributed by atoms with Crippen molar-refractivity contribution < 1.29 is 4.74 Å². The summed E-state index contributed by atoms with van der Waals surface area (Å²) in [5.41, 5.74) is 3.14. The number of nitrogens with zero attached hydrogens (tertiary/aromatic N) is 3. The molecule has 1 unspecified atom stereocenters. The molecular weight excluding hydrogens is 314 g/mol. The van der Waals surface area contributed by atoms with Gasteiger partial charge in [-0.2, -0.15) is 0 Å². The second-order valence-electron chi connectivity index (χ2n) is 6.51. The summed E-state index contributed by atoms with van der Waals surface area (Å²) in [5, 5.41) is 6.68. The number of guanidine groups is 1. The molecule has 0 saturated heterocycles. The Bertz CT molecular complexity index is 692. The first-order chi connectivity index (χ1) is 12.0. The number of hydrogen-bond acceptors (Lipinski definition) is 3. The number of imidazole rings is 1. The standard InChI is InChI=1S/C19H31N5O/c1-6-25-17(14(2)3)10-11-21-19(20-5)22-12-16-13-24-15(4)8-7-9-18(24)23-16/h7-9,13-14,17H,6,10-12H2,1-5H3,(H2,20,21,22). The van der Waals surface area contributed by atoms with Crippen LogP contribution in [0.25, 0.3) is 5.65 Å². The van der Waals surface area contributed by atoms with Crippen LogP contribution in [-0.2, 0) is 11.3 Å². The van der Waals surface area contributed by atoms with E-state index in [1.165, 1.54) is 5.69 Å². The molecule has 138 valence electrons. The molecule has 2 rings (SSSR count). The minimum atomic E-state index is 0.275. The quantitative estimate of drug-likeness (QED) is 0.570. The van der Waals surface area contributed by atoms with E-state index in [9.17, 15) is 0 Å². The number of fused-ring (bicyclic) bond motifs is 1. The Morgan fingerprint density at radius 1 is 1.32 bits per heavy atom. The Labute approximate surface area is 150 Å². The molecule has 2 aromatic heterocycles. The third-order valence-electron chi connectivity index (χ3n) is 4.25. The molecule has 6 nitrogen and oxygen atoms in total. The van der Waals surface area contributed by atoms with Crippen molar-refractivity contribution in [3.05, 3.63) is 35.8 Å². The lowest BCUT2D eigenvalue weighted by Crippen LogP contribution is -2.39. The van der Waals surface area contributed by atoms with Gasteiger partial charge in [0.05, 0.1) is 18.3 Å². The van der Waals surface area contributed by atoms with E-state index in [-0.39, 0.29) is 6.10 Å². The predicted octanol–water partition coefficient (Wildman–Crippen LogP) is 2.76. The van der Waals surface area contributed by atoms with Crippen LogP contribution in [0.2, 0.25) is 0 Å². The first-order valence-corrected chi connectivity index (χ1v) is 9.04. The van der Waals surface area contributed by atoms with Crippen LogP contribution in [0.4, 0.5) is 0 Å². The minimum Gasteiger partial charge on any atom is -0.378 e. The van der Waals surface area contributed by atoms with Crippen molar-refractivity contribution in [1.29, 1.82) is 0 Å². The molecule has 0 radical (unpaired) electrons. The Kier molecular flexibility index (Phi) is 7.25. The third kappa shape index (κ3) is 5.46. The monoisotopic (exact) mass is 345 g/mol. The van der Waals surface area contributed by atoms with Crippen LogP contribution < -0.4 is 10.6 Å². The molecule has 0 amide bonds. The Hall–Kier alpha value is -2.08. The van der Waals surface area contributed by atoms with Crippen LogP contribution >= 0.6 is 0 Å². The highest BCUT2D eigenvalue weighted by Crippen LogP contribution is 2.10. The fourth-order valence-corrected chi connectivity index (χ4v) is 2.83. The predicted molar refractivity (Wildman–Crippen MR) is 103 cm³/mol. The lowest BCUT2D eigenvalue weighted by molar-refractivity contribution is 0.0258. The maximum absolute atomic E-state index is 5.78. The number of hydrogen-bond donors (Lipinski definition) is 2. The summed E-state index contributed by atoms with van der Waals surface area (Å²) in [7, 11) is 1.78. The molecule has 0 spiro atoms. The summed E-state index contributed by atoms with van der Waals surface area (Å²) in [6, 6.07) is 6.12. The second kappa shape index (κ2) is 9.42. The van der Waals surface area contributed by atoms with Gasteiger partial charge in [0, 0.05) is 32.1 Å². The normalized spacial score (nSPS) is 13.4. The average Bonchev–Trinajstić information content (AvgIpc) is 3.01. The highest BCUT2D eigenvalue weighted by Gasteiger charge is 2.13. The number of aromatic nitrogens is 2. The summed E-state index contributed by atoms with van der Waals surface area (Å²) in [5.74, 6) is 1.30. The number of aliphatic imine (C=N–C) groups is 1. The maximum Gasteiger partial charge on any atom is 0.191 e. The van der Waals surface area contributed by atoms with Crippen LogP contribution in [0.5, 0.6) is 0 Å². The van der Waals surface area contributed by atoms with Crippen LogP contribution in [0.3, 0.4) is 0 Å². The van der Waals surface area contributed by atoms with Gasteiger partial charge in [0.25, 0.3) is 0 Å². The lowest BCUT2D eigenvalue weighted by Gasteiger charge is -2.21. The molecule has 25 heavy (non-hydrogen) atoms. The van der Waals surface area contributed by atoms with Crippen molar-refractivity contribution in [1.82, 2.24) is 20.0 Å². The molecule has 0 fully saturated rings. The molecule has 2 N–H and O–H groups in total. The average molecular weight is 345 g/mol. The maximum atomic E-state index is 5.78. The van der Waals surface area contributed by atoms with E-state index in [4.69, 9.17) is 4.74 Å². The molecule has 0 bridgehead atoms. The number of nitrogens with one attached hydrogen (secondary N) is 2. The molecule has 2 aromatic rings. The molecule has 0 aliphatic carbocycles. The highest BCUT2D eigenvalue weighted by atomic mass is 16.5. The van der Waals surface area contributed by atoms with Gasteiger partial charge in [-0.05, 0) is 38.3 Å². The van der Waals surface area contributed by atoms with Gasteiger partial charge in [0.15, 0.2) is 5.96 Å². The first kappa shape index (κ1) is 19.2. The number of pyridine rings is 1. The molecular formula is C19H31N5O. The minimum absolute atomic E-state index is 0.275. The zero-order chi connectivity index (χ0) is 18.2. The Morgan fingerprint density at radius 2 is 2.12 bits per heavy atom. The van der Waals surface area contributed by atoms with Crippen molar-refractivity contribution >= 4 is 11.6 Å². The summed E-state index contributed by atoms with van der Waals surface area (Å²) < 4.78 is 7.88. The van der Waals surface area contributed by atoms with Gasteiger partial charge in [-0.1, -0.05) is 19.9 Å². The summed E-state index contributed by atoms with van der Waals surface area (Å²) in [4.78, 5) is 8.91. The van der Waals surface area contributed by atoms with Gasteiger partial charge in [0.1, 0.15) is 5.65 Å². The summed E-state index contributed by atoms with van der Waals surface area (Å²) in [6.45, 7) is 10.7. The second-order valence-corrected chi connectivity index (χ2v) is 6.51. The highest BCUT2D eigenvalue weighted by molar-refractivity contribution is 5.79. The van der Waals surface area contributed by atoms with Gasteiger partial charge < -0.3 is 19.8 Å². The largest absolute Gasteiger partial charge is 0.378 e. The van der Waals surface area contributed by atoms with Crippen molar-refractivity contribution in [3.8, 4) is 0 Å². The number of aryl methyl sites for hydroxylation is 1. The van der Waals surface area contributed by atoms with E-state index >= 15 is 0 Å². The van der Waals surface area contributed by atoms with E-state index in [1.807, 2.05) is 19.1 Å². The topological polar surface area (TPSA) is 63.0 Å². The molecule has 6 heteroatoms. The summed E-state index contributed by atoms with van der Waals surface area (Å²) >= 11 is 0. The van der Waals surface area contributed by atoms with E-state index in [0.29, 0.717) is 12.5 Å². The first-order valence-electron chi connectivity index (χ1n) is 9.04. The van der Waals surface area contributed by atoms with E-state index in [2.05, 4.69) is 58.0 Å².